The maximum absolute atomic E-state index is 11.3. The van der Waals surface area contributed by atoms with E-state index in [4.69, 9.17) is 4.42 Å². The normalized spacial score (nSPS) is 27.7. The van der Waals surface area contributed by atoms with E-state index < -0.39 is 5.97 Å². The molecule has 122 valence electrons. The third kappa shape index (κ3) is 4.35. The molecule has 3 nitrogen and oxygen atoms in total. The number of carboxylic acid groups (broad SMARTS) is 1. The van der Waals surface area contributed by atoms with Crippen molar-refractivity contribution in [1.82, 2.24) is 0 Å². The third-order valence-corrected chi connectivity index (χ3v) is 4.77. The van der Waals surface area contributed by atoms with E-state index in [1.165, 1.54) is 0 Å². The molecule has 2 atom stereocenters. The van der Waals surface area contributed by atoms with Crippen molar-refractivity contribution < 1.29 is 14.3 Å². The van der Waals surface area contributed by atoms with Crippen LogP contribution < -0.4 is 0 Å². The summed E-state index contributed by atoms with van der Waals surface area (Å²) in [5.74, 6) is -0.504. The van der Waals surface area contributed by atoms with Crippen LogP contribution in [-0.4, -0.2) is 11.1 Å². The molecule has 0 radical (unpaired) electrons. The number of rotatable bonds is 3. The fourth-order valence-corrected chi connectivity index (χ4v) is 2.77. The van der Waals surface area contributed by atoms with Gasteiger partial charge in [0.2, 0.25) is 0 Å². The van der Waals surface area contributed by atoms with Gasteiger partial charge in [-0.2, -0.15) is 0 Å². The minimum atomic E-state index is -0.907. The van der Waals surface area contributed by atoms with Crippen molar-refractivity contribution in [2.75, 3.05) is 0 Å². The van der Waals surface area contributed by atoms with Crippen LogP contribution in [0, 0.1) is 11.3 Å². The molecular formula is C20H24O3. The average molecular weight is 312 g/mol. The van der Waals surface area contributed by atoms with E-state index in [0.29, 0.717) is 23.5 Å². The molecule has 0 aromatic carbocycles. The Morgan fingerprint density at radius 1 is 1.52 bits per heavy atom. The first-order chi connectivity index (χ1) is 10.9. The first kappa shape index (κ1) is 17.1. The Bertz CT molecular complexity index is 646. The van der Waals surface area contributed by atoms with Gasteiger partial charge >= 0.3 is 5.97 Å². The maximum Gasteiger partial charge on any atom is 0.335 e. The van der Waals surface area contributed by atoms with Crippen molar-refractivity contribution in [3.63, 3.8) is 0 Å². The molecule has 2 rings (SSSR count). The second-order valence-electron chi connectivity index (χ2n) is 6.46. The molecule has 0 saturated carbocycles. The van der Waals surface area contributed by atoms with Crippen molar-refractivity contribution in [3.05, 3.63) is 66.2 Å². The van der Waals surface area contributed by atoms with Crippen LogP contribution in [0.4, 0.5) is 0 Å². The molecule has 0 bridgehead atoms. The zero-order chi connectivity index (χ0) is 16.9. The Kier molecular flexibility index (Phi) is 5.43. The lowest BCUT2D eigenvalue weighted by atomic mass is 9.72. The molecule has 1 aliphatic rings. The SMILES string of the molecule is C=C1CC[C@@H](C)[C@](C)(/C=C/c2ccoc2)C/C=C\C=C1C(=O)O. The molecule has 0 saturated heterocycles. The number of carboxylic acids is 1. The first-order valence-electron chi connectivity index (χ1n) is 7.92. The van der Waals surface area contributed by atoms with E-state index in [-0.39, 0.29) is 5.41 Å². The van der Waals surface area contributed by atoms with Crippen molar-refractivity contribution in [2.45, 2.75) is 33.1 Å². The maximum atomic E-state index is 11.3. The van der Waals surface area contributed by atoms with E-state index in [1.807, 2.05) is 18.2 Å². The molecule has 0 spiro atoms. The Balaban J connectivity index is 2.24. The highest BCUT2D eigenvalue weighted by Gasteiger charge is 2.28. The topological polar surface area (TPSA) is 50.4 Å². The quantitative estimate of drug-likeness (QED) is 0.830. The smallest absolute Gasteiger partial charge is 0.335 e. The van der Waals surface area contributed by atoms with Crippen LogP contribution >= 0.6 is 0 Å². The average Bonchev–Trinajstić information content (AvgIpc) is 3.02. The zero-order valence-corrected chi connectivity index (χ0v) is 13.8. The van der Waals surface area contributed by atoms with Crippen LogP contribution in [0.3, 0.4) is 0 Å². The van der Waals surface area contributed by atoms with Crippen LogP contribution in [0.15, 0.2) is 65.0 Å². The summed E-state index contributed by atoms with van der Waals surface area (Å²) in [5, 5.41) is 9.26. The van der Waals surface area contributed by atoms with Gasteiger partial charge in [-0.25, -0.2) is 4.79 Å². The molecule has 0 unspecified atom stereocenters. The fraction of sp³-hybridized carbons (Fsp3) is 0.350. The van der Waals surface area contributed by atoms with E-state index >= 15 is 0 Å². The summed E-state index contributed by atoms with van der Waals surface area (Å²) in [5.41, 5.74) is 2.06. The molecule has 1 aromatic rings. The minimum absolute atomic E-state index is 0.00260. The van der Waals surface area contributed by atoms with E-state index in [0.717, 1.165) is 18.4 Å². The van der Waals surface area contributed by atoms with E-state index in [2.05, 4.69) is 32.6 Å². The molecule has 0 fully saturated rings. The van der Waals surface area contributed by atoms with Gasteiger partial charge in [0.25, 0.3) is 0 Å². The van der Waals surface area contributed by atoms with Crippen molar-refractivity contribution >= 4 is 12.0 Å². The summed E-state index contributed by atoms with van der Waals surface area (Å²) in [6, 6.07) is 1.93. The number of allylic oxidation sites excluding steroid dienone is 4. The highest BCUT2D eigenvalue weighted by molar-refractivity contribution is 5.91. The van der Waals surface area contributed by atoms with Crippen molar-refractivity contribution in [3.8, 4) is 0 Å². The van der Waals surface area contributed by atoms with Crippen LogP contribution in [0.2, 0.25) is 0 Å². The summed E-state index contributed by atoms with van der Waals surface area (Å²) in [6.45, 7) is 8.40. The lowest BCUT2D eigenvalue weighted by molar-refractivity contribution is -0.132. The molecule has 1 N–H and O–H groups in total. The largest absolute Gasteiger partial charge is 0.478 e. The minimum Gasteiger partial charge on any atom is -0.478 e. The Labute approximate surface area is 137 Å². The molecule has 0 amide bonds. The second-order valence-corrected chi connectivity index (χ2v) is 6.46. The molecule has 1 heterocycles. The molecule has 1 aliphatic carbocycles. The van der Waals surface area contributed by atoms with Gasteiger partial charge < -0.3 is 9.52 Å². The van der Waals surface area contributed by atoms with Gasteiger partial charge in [-0.05, 0) is 48.3 Å². The molecule has 23 heavy (non-hydrogen) atoms. The van der Waals surface area contributed by atoms with Gasteiger partial charge in [0.15, 0.2) is 0 Å². The van der Waals surface area contributed by atoms with E-state index in [1.54, 1.807) is 18.6 Å². The second kappa shape index (κ2) is 7.32. The van der Waals surface area contributed by atoms with Crippen molar-refractivity contribution in [2.24, 2.45) is 11.3 Å². The first-order valence-corrected chi connectivity index (χ1v) is 7.92. The molecular weight excluding hydrogens is 288 g/mol. The van der Waals surface area contributed by atoms with Gasteiger partial charge in [0.05, 0.1) is 18.1 Å². The number of aliphatic carboxylic acids is 1. The highest BCUT2D eigenvalue weighted by atomic mass is 16.4. The Morgan fingerprint density at radius 2 is 2.30 bits per heavy atom. The van der Waals surface area contributed by atoms with Crippen LogP contribution in [-0.2, 0) is 4.79 Å². The van der Waals surface area contributed by atoms with Crippen LogP contribution in [0.25, 0.3) is 6.08 Å². The zero-order valence-electron chi connectivity index (χ0n) is 13.8. The van der Waals surface area contributed by atoms with Crippen LogP contribution in [0.5, 0.6) is 0 Å². The lowest BCUT2D eigenvalue weighted by Gasteiger charge is -2.33. The summed E-state index contributed by atoms with van der Waals surface area (Å²) in [7, 11) is 0. The highest BCUT2D eigenvalue weighted by Crippen LogP contribution is 2.38. The molecule has 1 aromatic heterocycles. The van der Waals surface area contributed by atoms with Gasteiger partial charge in [-0.3, -0.25) is 0 Å². The summed E-state index contributed by atoms with van der Waals surface area (Å²) in [6.07, 6.45) is 15.7. The molecule has 0 aliphatic heterocycles. The van der Waals surface area contributed by atoms with Gasteiger partial charge in [0.1, 0.15) is 0 Å². The number of furan rings is 1. The predicted octanol–water partition coefficient (Wildman–Crippen LogP) is 5.24. The van der Waals surface area contributed by atoms with Gasteiger partial charge in [0, 0.05) is 5.56 Å². The fourth-order valence-electron chi connectivity index (χ4n) is 2.77. The monoisotopic (exact) mass is 312 g/mol. The Hall–Kier alpha value is -2.29. The summed E-state index contributed by atoms with van der Waals surface area (Å²) >= 11 is 0. The number of hydrogen-bond donors (Lipinski definition) is 1. The summed E-state index contributed by atoms with van der Waals surface area (Å²) < 4.78 is 5.10. The Morgan fingerprint density at radius 3 is 2.96 bits per heavy atom. The van der Waals surface area contributed by atoms with Crippen LogP contribution in [0.1, 0.15) is 38.7 Å². The predicted molar refractivity (Wildman–Crippen MR) is 92.9 cm³/mol. The number of carbonyl (C=O) groups is 1. The standard InChI is InChI=1S/C20H24O3/c1-15-7-8-16(2)20(3,12-9-17-10-13-23-14-17)11-5-4-6-18(15)19(21)22/h4-6,9-10,12-14,16H,1,7-8,11H2,2-3H3,(H,21,22)/b5-4-,12-9+,18-6?/t16-,20+/m1/s1. The molecule has 3 heteroatoms. The summed E-state index contributed by atoms with van der Waals surface area (Å²) in [4.78, 5) is 11.3. The van der Waals surface area contributed by atoms with Crippen molar-refractivity contribution in [1.29, 1.82) is 0 Å². The van der Waals surface area contributed by atoms with Gasteiger partial charge in [-0.15, -0.1) is 0 Å². The number of hydrogen-bond acceptors (Lipinski definition) is 2. The van der Waals surface area contributed by atoms with E-state index in [9.17, 15) is 9.90 Å². The lowest BCUT2D eigenvalue weighted by Crippen LogP contribution is -2.23. The third-order valence-electron chi connectivity index (χ3n) is 4.77. The van der Waals surface area contributed by atoms with Gasteiger partial charge in [-0.1, -0.05) is 44.7 Å².